The van der Waals surface area contributed by atoms with Crippen LogP contribution in [0.5, 0.6) is 0 Å². The third-order valence-electron chi connectivity index (χ3n) is 5.64. The van der Waals surface area contributed by atoms with Crippen molar-refractivity contribution >= 4 is 24.3 Å². The van der Waals surface area contributed by atoms with Gasteiger partial charge in [0.15, 0.2) is 0 Å². The van der Waals surface area contributed by atoms with E-state index >= 15 is 0 Å². The van der Waals surface area contributed by atoms with Crippen LogP contribution in [0.3, 0.4) is 0 Å². The zero-order valence-corrected chi connectivity index (χ0v) is 16.4. The molecule has 1 heterocycles. The highest BCUT2D eigenvalue weighted by Crippen LogP contribution is 2.20. The largest absolute Gasteiger partial charge is 0.480 e. The Labute approximate surface area is 157 Å². The predicted molar refractivity (Wildman–Crippen MR) is 101 cm³/mol. The molecule has 1 aliphatic heterocycles. The summed E-state index contributed by atoms with van der Waals surface area (Å²) < 4.78 is 0. The van der Waals surface area contributed by atoms with Crippen molar-refractivity contribution in [3.05, 3.63) is 0 Å². The maximum absolute atomic E-state index is 12.5. The molecule has 0 aromatic rings. The Balaban J connectivity index is 0.00000312. The van der Waals surface area contributed by atoms with Gasteiger partial charge in [0, 0.05) is 25.2 Å². The summed E-state index contributed by atoms with van der Waals surface area (Å²) in [6, 6.07) is 0.579. The van der Waals surface area contributed by atoms with Crippen molar-refractivity contribution in [1.82, 2.24) is 15.1 Å². The number of nitrogens with zero attached hydrogens (tertiary/aromatic N) is 2. The van der Waals surface area contributed by atoms with Gasteiger partial charge in [-0.05, 0) is 39.2 Å². The molecule has 1 saturated heterocycles. The van der Waals surface area contributed by atoms with Gasteiger partial charge in [0.05, 0.1) is 12.6 Å². The average Bonchev–Trinajstić information content (AvgIpc) is 2.60. The number of nitrogens with one attached hydrogen (secondary N) is 1. The lowest BCUT2D eigenvalue weighted by Crippen LogP contribution is -2.53. The summed E-state index contributed by atoms with van der Waals surface area (Å²) >= 11 is 0. The van der Waals surface area contributed by atoms with E-state index in [1.807, 2.05) is 18.7 Å². The summed E-state index contributed by atoms with van der Waals surface area (Å²) in [4.78, 5) is 27.7. The fourth-order valence-corrected chi connectivity index (χ4v) is 4.05. The van der Waals surface area contributed by atoms with E-state index < -0.39 is 5.97 Å². The van der Waals surface area contributed by atoms with Crippen LogP contribution in [-0.4, -0.2) is 71.1 Å². The van der Waals surface area contributed by atoms with Gasteiger partial charge in [0.1, 0.15) is 0 Å². The number of carboxylic acid groups (broad SMARTS) is 1. The summed E-state index contributed by atoms with van der Waals surface area (Å²) in [6.45, 7) is 6.59. The third kappa shape index (κ3) is 6.76. The van der Waals surface area contributed by atoms with Crippen molar-refractivity contribution in [3.63, 3.8) is 0 Å². The zero-order valence-electron chi connectivity index (χ0n) is 15.6. The minimum Gasteiger partial charge on any atom is -0.480 e. The second-order valence-corrected chi connectivity index (χ2v) is 7.24. The van der Waals surface area contributed by atoms with Crippen molar-refractivity contribution in [2.75, 3.05) is 26.2 Å². The molecule has 6 nitrogen and oxygen atoms in total. The Bertz CT molecular complexity index is 422. The van der Waals surface area contributed by atoms with Crippen LogP contribution >= 0.6 is 12.4 Å². The summed E-state index contributed by atoms with van der Waals surface area (Å²) in [5.74, 6) is -0.613. The second kappa shape index (κ2) is 11.0. The van der Waals surface area contributed by atoms with E-state index in [0.717, 1.165) is 45.3 Å². The van der Waals surface area contributed by atoms with Gasteiger partial charge in [-0.25, -0.2) is 0 Å². The Hall–Kier alpha value is -0.850. The monoisotopic (exact) mass is 375 g/mol. The number of halogens is 1. The molecule has 0 bridgehead atoms. The molecule has 25 heavy (non-hydrogen) atoms. The van der Waals surface area contributed by atoms with Crippen LogP contribution in [0.15, 0.2) is 0 Å². The van der Waals surface area contributed by atoms with E-state index in [9.17, 15) is 9.59 Å². The van der Waals surface area contributed by atoms with Crippen LogP contribution in [-0.2, 0) is 9.59 Å². The van der Waals surface area contributed by atoms with Gasteiger partial charge in [0.25, 0.3) is 0 Å². The molecule has 0 radical (unpaired) electrons. The standard InChI is InChI=1S/C18H33N3O3.ClH/c1-3-20(13-17(22)23)16-9-11-21(12-10-16)14(2)18(24)19-15-7-5-4-6-8-15;/h14-16H,3-13H2,1-2H3,(H,19,24)(H,22,23);1H. The molecule has 1 aliphatic carbocycles. The highest BCUT2D eigenvalue weighted by atomic mass is 35.5. The predicted octanol–water partition coefficient (Wildman–Crippen LogP) is 2.12. The van der Waals surface area contributed by atoms with Crippen molar-refractivity contribution in [1.29, 1.82) is 0 Å². The molecular weight excluding hydrogens is 342 g/mol. The Kier molecular flexibility index (Phi) is 9.75. The summed E-state index contributed by atoms with van der Waals surface area (Å²) in [7, 11) is 0. The average molecular weight is 376 g/mol. The Morgan fingerprint density at radius 3 is 2.28 bits per heavy atom. The van der Waals surface area contributed by atoms with E-state index in [4.69, 9.17) is 5.11 Å². The number of piperidine rings is 1. The number of hydrogen-bond donors (Lipinski definition) is 2. The highest BCUT2D eigenvalue weighted by Gasteiger charge is 2.30. The molecule has 0 spiro atoms. The van der Waals surface area contributed by atoms with E-state index in [1.165, 1.54) is 19.3 Å². The van der Waals surface area contributed by atoms with Crippen LogP contribution in [0.1, 0.15) is 58.8 Å². The fraction of sp³-hybridized carbons (Fsp3) is 0.889. The molecule has 1 saturated carbocycles. The molecule has 1 atom stereocenters. The molecule has 2 N–H and O–H groups in total. The van der Waals surface area contributed by atoms with Crippen LogP contribution < -0.4 is 5.32 Å². The van der Waals surface area contributed by atoms with Crippen LogP contribution in [0.4, 0.5) is 0 Å². The quantitative estimate of drug-likeness (QED) is 0.713. The van der Waals surface area contributed by atoms with Crippen molar-refractivity contribution in [3.8, 4) is 0 Å². The van der Waals surface area contributed by atoms with Crippen molar-refractivity contribution in [2.45, 2.75) is 76.9 Å². The normalized spacial score (nSPS) is 21.6. The lowest BCUT2D eigenvalue weighted by molar-refractivity contribution is -0.139. The first-order chi connectivity index (χ1) is 11.5. The number of amides is 1. The lowest BCUT2D eigenvalue weighted by atomic mass is 9.95. The molecular formula is C18H34ClN3O3. The molecule has 2 fully saturated rings. The number of carbonyl (C=O) groups is 2. The number of rotatable bonds is 7. The third-order valence-corrected chi connectivity index (χ3v) is 5.64. The highest BCUT2D eigenvalue weighted by molar-refractivity contribution is 5.85. The smallest absolute Gasteiger partial charge is 0.317 e. The molecule has 2 aliphatic rings. The topological polar surface area (TPSA) is 72.9 Å². The minimum atomic E-state index is -0.764. The Morgan fingerprint density at radius 1 is 1.16 bits per heavy atom. The number of carboxylic acids is 1. The SMILES string of the molecule is CCN(CC(=O)O)C1CCN(C(C)C(=O)NC2CCCCC2)CC1.Cl. The summed E-state index contributed by atoms with van der Waals surface area (Å²) in [5.41, 5.74) is 0. The molecule has 7 heteroatoms. The summed E-state index contributed by atoms with van der Waals surface area (Å²) in [5, 5.41) is 12.2. The maximum Gasteiger partial charge on any atom is 0.317 e. The molecule has 2 rings (SSSR count). The molecule has 1 unspecified atom stereocenters. The van der Waals surface area contributed by atoms with Gasteiger partial charge < -0.3 is 10.4 Å². The van der Waals surface area contributed by atoms with Crippen molar-refractivity contribution in [2.24, 2.45) is 0 Å². The number of aliphatic carboxylic acids is 1. The van der Waals surface area contributed by atoms with Gasteiger partial charge in [-0.3, -0.25) is 19.4 Å². The molecule has 0 aromatic heterocycles. The number of carbonyl (C=O) groups excluding carboxylic acids is 1. The van der Waals surface area contributed by atoms with E-state index in [1.54, 1.807) is 0 Å². The number of hydrogen-bond acceptors (Lipinski definition) is 4. The van der Waals surface area contributed by atoms with Gasteiger partial charge in [0.2, 0.25) is 5.91 Å². The van der Waals surface area contributed by atoms with Crippen LogP contribution in [0.2, 0.25) is 0 Å². The minimum absolute atomic E-state index is 0. The first-order valence-electron chi connectivity index (χ1n) is 9.51. The van der Waals surface area contributed by atoms with Crippen LogP contribution in [0, 0.1) is 0 Å². The van der Waals surface area contributed by atoms with Crippen molar-refractivity contribution < 1.29 is 14.7 Å². The first-order valence-corrected chi connectivity index (χ1v) is 9.51. The van der Waals surface area contributed by atoms with Gasteiger partial charge in [-0.15, -0.1) is 12.4 Å². The first kappa shape index (κ1) is 22.2. The zero-order chi connectivity index (χ0) is 17.5. The number of likely N-dealkylation sites (N-methyl/N-ethyl adjacent to an activating group) is 1. The van der Waals surface area contributed by atoms with E-state index in [0.29, 0.717) is 12.1 Å². The fourth-order valence-electron chi connectivity index (χ4n) is 4.05. The molecule has 1 amide bonds. The second-order valence-electron chi connectivity index (χ2n) is 7.24. The van der Waals surface area contributed by atoms with E-state index in [2.05, 4.69) is 10.2 Å². The maximum atomic E-state index is 12.5. The summed E-state index contributed by atoms with van der Waals surface area (Å²) in [6.07, 6.45) is 7.83. The number of likely N-dealkylation sites (tertiary alicyclic amines) is 1. The van der Waals surface area contributed by atoms with Gasteiger partial charge >= 0.3 is 5.97 Å². The molecule has 146 valence electrons. The lowest BCUT2D eigenvalue weighted by Gasteiger charge is -2.39. The van der Waals surface area contributed by atoms with Gasteiger partial charge in [-0.2, -0.15) is 0 Å². The van der Waals surface area contributed by atoms with E-state index in [-0.39, 0.29) is 30.9 Å². The Morgan fingerprint density at radius 2 is 1.76 bits per heavy atom. The van der Waals surface area contributed by atoms with Crippen LogP contribution in [0.25, 0.3) is 0 Å². The molecule has 0 aromatic carbocycles. The van der Waals surface area contributed by atoms with Gasteiger partial charge in [-0.1, -0.05) is 26.2 Å².